The molecule has 1 aliphatic carbocycles. The van der Waals surface area contributed by atoms with Crippen LogP contribution in [0.1, 0.15) is 36.4 Å². The van der Waals surface area contributed by atoms with Crippen LogP contribution >= 0.6 is 0 Å². The van der Waals surface area contributed by atoms with Crippen molar-refractivity contribution in [3.05, 3.63) is 47.9 Å². The molecule has 1 saturated carbocycles. The second-order valence-electron chi connectivity index (χ2n) is 4.76. The molecule has 88 valence electrons. The summed E-state index contributed by atoms with van der Waals surface area (Å²) < 4.78 is 2.04. The molecule has 1 aromatic heterocycles. The molecule has 3 nitrogen and oxygen atoms in total. The molecule has 2 N–H and O–H groups in total. The van der Waals surface area contributed by atoms with Gasteiger partial charge in [-0.15, -0.1) is 0 Å². The van der Waals surface area contributed by atoms with Crippen LogP contribution in [-0.4, -0.2) is 9.55 Å². The molecule has 0 radical (unpaired) electrons. The monoisotopic (exact) mass is 227 g/mol. The first-order valence-corrected chi connectivity index (χ1v) is 6.19. The van der Waals surface area contributed by atoms with Crippen LogP contribution in [0, 0.1) is 0 Å². The number of nitrogen functional groups attached to an aromatic ring is 1. The Morgan fingerprint density at radius 3 is 2.65 bits per heavy atom. The molecule has 0 atom stereocenters. The van der Waals surface area contributed by atoms with Crippen molar-refractivity contribution in [1.82, 2.24) is 9.55 Å². The third kappa shape index (κ3) is 1.93. The average Bonchev–Trinajstić information content (AvgIpc) is 2.61. The van der Waals surface area contributed by atoms with Crippen LogP contribution in [0.2, 0.25) is 0 Å². The highest BCUT2D eigenvalue weighted by atomic mass is 15.1. The van der Waals surface area contributed by atoms with Crippen LogP contribution in [0.25, 0.3) is 0 Å². The van der Waals surface area contributed by atoms with E-state index in [-0.39, 0.29) is 0 Å². The highest BCUT2D eigenvalue weighted by Crippen LogP contribution is 2.38. The minimum Gasteiger partial charge on any atom is -0.384 e. The summed E-state index contributed by atoms with van der Waals surface area (Å²) in [5.41, 5.74) is 8.53. The standard InChI is InChI=1S/C14H17N3/c15-14-13(12-7-4-8-12)16-10-17(14)9-11-5-2-1-3-6-11/h1-3,5-6,10,12H,4,7-9,15H2. The first-order chi connectivity index (χ1) is 8.34. The Morgan fingerprint density at radius 1 is 1.24 bits per heavy atom. The number of rotatable bonds is 3. The molecule has 2 aromatic rings. The number of anilines is 1. The Kier molecular flexibility index (Phi) is 2.59. The maximum absolute atomic E-state index is 6.16. The Bertz CT molecular complexity index is 497. The molecule has 0 aliphatic heterocycles. The lowest BCUT2D eigenvalue weighted by Crippen LogP contribution is -2.12. The molecular weight excluding hydrogens is 210 g/mol. The molecule has 0 amide bonds. The lowest BCUT2D eigenvalue weighted by atomic mass is 9.83. The fraction of sp³-hybridized carbons (Fsp3) is 0.357. The molecule has 17 heavy (non-hydrogen) atoms. The summed E-state index contributed by atoms with van der Waals surface area (Å²) >= 11 is 0. The van der Waals surface area contributed by atoms with E-state index in [1.54, 1.807) is 0 Å². The zero-order valence-corrected chi connectivity index (χ0v) is 9.84. The van der Waals surface area contributed by atoms with Crippen molar-refractivity contribution in [3.63, 3.8) is 0 Å². The number of aromatic nitrogens is 2. The molecule has 1 aromatic carbocycles. The number of benzene rings is 1. The van der Waals surface area contributed by atoms with Crippen molar-refractivity contribution >= 4 is 5.82 Å². The normalized spacial score (nSPS) is 15.8. The molecule has 1 heterocycles. The summed E-state index contributed by atoms with van der Waals surface area (Å²) in [7, 11) is 0. The molecule has 0 unspecified atom stereocenters. The van der Waals surface area contributed by atoms with Gasteiger partial charge in [0.05, 0.1) is 18.6 Å². The second-order valence-corrected chi connectivity index (χ2v) is 4.76. The van der Waals surface area contributed by atoms with Gasteiger partial charge in [-0.05, 0) is 18.4 Å². The van der Waals surface area contributed by atoms with Crippen molar-refractivity contribution in [1.29, 1.82) is 0 Å². The summed E-state index contributed by atoms with van der Waals surface area (Å²) in [5.74, 6) is 1.45. The first kappa shape index (κ1) is 10.4. The minimum atomic E-state index is 0.604. The minimum absolute atomic E-state index is 0.604. The van der Waals surface area contributed by atoms with E-state index in [9.17, 15) is 0 Å². The van der Waals surface area contributed by atoms with Gasteiger partial charge in [-0.25, -0.2) is 4.98 Å². The molecule has 0 bridgehead atoms. The van der Waals surface area contributed by atoms with E-state index in [0.717, 1.165) is 18.1 Å². The maximum Gasteiger partial charge on any atom is 0.127 e. The molecule has 1 fully saturated rings. The van der Waals surface area contributed by atoms with E-state index in [0.29, 0.717) is 5.92 Å². The number of hydrogen-bond acceptors (Lipinski definition) is 2. The summed E-state index contributed by atoms with van der Waals surface area (Å²) in [6.45, 7) is 0.812. The fourth-order valence-electron chi connectivity index (χ4n) is 2.31. The van der Waals surface area contributed by atoms with Crippen LogP contribution in [0.5, 0.6) is 0 Å². The van der Waals surface area contributed by atoms with Gasteiger partial charge >= 0.3 is 0 Å². The average molecular weight is 227 g/mol. The van der Waals surface area contributed by atoms with Gasteiger partial charge in [0.15, 0.2) is 0 Å². The number of nitrogens with two attached hydrogens (primary N) is 1. The zero-order chi connectivity index (χ0) is 11.7. The van der Waals surface area contributed by atoms with Crippen LogP contribution in [0.4, 0.5) is 5.82 Å². The van der Waals surface area contributed by atoms with Crippen molar-refractivity contribution < 1.29 is 0 Å². The largest absolute Gasteiger partial charge is 0.384 e. The van der Waals surface area contributed by atoms with Crippen LogP contribution in [-0.2, 0) is 6.54 Å². The SMILES string of the molecule is Nc1c(C2CCC2)ncn1Cc1ccccc1. The third-order valence-electron chi connectivity index (χ3n) is 3.60. The molecule has 0 spiro atoms. The predicted molar refractivity (Wildman–Crippen MR) is 68.8 cm³/mol. The first-order valence-electron chi connectivity index (χ1n) is 6.19. The Labute approximate surface area is 101 Å². The second kappa shape index (κ2) is 4.24. The Balaban J connectivity index is 1.82. The van der Waals surface area contributed by atoms with Crippen molar-refractivity contribution in [3.8, 4) is 0 Å². The van der Waals surface area contributed by atoms with Gasteiger partial charge < -0.3 is 10.3 Å². The summed E-state index contributed by atoms with van der Waals surface area (Å²) in [6.07, 6.45) is 5.67. The van der Waals surface area contributed by atoms with Crippen LogP contribution < -0.4 is 5.73 Å². The highest BCUT2D eigenvalue weighted by molar-refractivity contribution is 5.40. The summed E-state index contributed by atoms with van der Waals surface area (Å²) in [6, 6.07) is 10.4. The quantitative estimate of drug-likeness (QED) is 0.876. The van der Waals surface area contributed by atoms with Crippen LogP contribution in [0.3, 0.4) is 0 Å². The zero-order valence-electron chi connectivity index (χ0n) is 9.84. The van der Waals surface area contributed by atoms with Gasteiger partial charge in [-0.2, -0.15) is 0 Å². The van der Waals surface area contributed by atoms with Gasteiger partial charge in [-0.3, -0.25) is 0 Å². The third-order valence-corrected chi connectivity index (χ3v) is 3.60. The Hall–Kier alpha value is -1.77. The van der Waals surface area contributed by atoms with E-state index in [1.807, 2.05) is 17.0 Å². The van der Waals surface area contributed by atoms with Crippen molar-refractivity contribution in [2.45, 2.75) is 31.7 Å². The highest BCUT2D eigenvalue weighted by Gasteiger charge is 2.24. The molecule has 3 rings (SSSR count). The van der Waals surface area contributed by atoms with Gasteiger partial charge in [0, 0.05) is 5.92 Å². The van der Waals surface area contributed by atoms with E-state index >= 15 is 0 Å². The smallest absolute Gasteiger partial charge is 0.127 e. The van der Waals surface area contributed by atoms with Gasteiger partial charge in [0.25, 0.3) is 0 Å². The maximum atomic E-state index is 6.16. The van der Waals surface area contributed by atoms with Gasteiger partial charge in [0.2, 0.25) is 0 Å². The lowest BCUT2D eigenvalue weighted by Gasteiger charge is -2.24. The molecule has 0 saturated heterocycles. The Morgan fingerprint density at radius 2 is 2.00 bits per heavy atom. The number of imidazole rings is 1. The van der Waals surface area contributed by atoms with Crippen molar-refractivity contribution in [2.75, 3.05) is 5.73 Å². The van der Waals surface area contributed by atoms with E-state index in [4.69, 9.17) is 5.73 Å². The number of hydrogen-bond donors (Lipinski definition) is 1. The molecule has 3 heteroatoms. The molecular formula is C14H17N3. The van der Waals surface area contributed by atoms with E-state index < -0.39 is 0 Å². The number of nitrogens with zero attached hydrogens (tertiary/aromatic N) is 2. The van der Waals surface area contributed by atoms with Gasteiger partial charge in [-0.1, -0.05) is 36.8 Å². The van der Waals surface area contributed by atoms with Gasteiger partial charge in [0.1, 0.15) is 5.82 Å². The molecule has 1 aliphatic rings. The van der Waals surface area contributed by atoms with E-state index in [2.05, 4.69) is 29.2 Å². The summed E-state index contributed by atoms with van der Waals surface area (Å²) in [4.78, 5) is 4.47. The fourth-order valence-corrected chi connectivity index (χ4v) is 2.31. The van der Waals surface area contributed by atoms with E-state index in [1.165, 1.54) is 24.8 Å². The predicted octanol–water partition coefficient (Wildman–Crippen LogP) is 2.78. The van der Waals surface area contributed by atoms with Crippen molar-refractivity contribution in [2.24, 2.45) is 0 Å². The van der Waals surface area contributed by atoms with Crippen LogP contribution in [0.15, 0.2) is 36.7 Å². The summed E-state index contributed by atoms with van der Waals surface area (Å²) in [5, 5.41) is 0. The lowest BCUT2D eigenvalue weighted by molar-refractivity contribution is 0.413. The topological polar surface area (TPSA) is 43.8 Å².